The largest absolute Gasteiger partial charge is 0.489 e. The van der Waals surface area contributed by atoms with Crippen LogP contribution in [0.1, 0.15) is 36.6 Å². The molecule has 1 amide bonds. The molecule has 28 heavy (non-hydrogen) atoms. The fraction of sp³-hybridized carbons (Fsp3) is 0.476. The summed E-state index contributed by atoms with van der Waals surface area (Å²) in [6.45, 7) is 3.74. The summed E-state index contributed by atoms with van der Waals surface area (Å²) in [5, 5.41) is 3.53. The van der Waals surface area contributed by atoms with Crippen LogP contribution in [0.3, 0.4) is 0 Å². The molecule has 1 fully saturated rings. The van der Waals surface area contributed by atoms with Crippen LogP contribution in [-0.2, 0) is 11.2 Å². The topological polar surface area (TPSA) is 63.9 Å². The molecule has 1 aromatic heterocycles. The fourth-order valence-corrected chi connectivity index (χ4v) is 4.08. The van der Waals surface area contributed by atoms with Gasteiger partial charge in [0.15, 0.2) is 11.5 Å². The smallest absolute Gasteiger partial charge is 0.224 e. The molecular weight excluding hydrogens is 380 g/mol. The Bertz CT molecular complexity index is 803. The number of nitrogens with zero attached hydrogens (tertiary/aromatic N) is 1. The third-order valence-electron chi connectivity index (χ3n) is 5.17. The Morgan fingerprint density at radius 3 is 2.79 bits per heavy atom. The number of carbonyl (C=O) groups is 1. The van der Waals surface area contributed by atoms with E-state index in [1.807, 2.05) is 18.2 Å². The summed E-state index contributed by atoms with van der Waals surface area (Å²) in [4.78, 5) is 14.9. The number of halogens is 1. The SMILES string of the molecule is O=C(Cc1cc(Cl)c2c(c1)OCCCO2)NC[C@@H](c1ccco1)N1CCCC1. The van der Waals surface area contributed by atoms with E-state index in [2.05, 4.69) is 10.2 Å². The summed E-state index contributed by atoms with van der Waals surface area (Å²) in [7, 11) is 0. The van der Waals surface area contributed by atoms with Gasteiger partial charge in [0.2, 0.25) is 5.91 Å². The molecule has 0 saturated carbocycles. The van der Waals surface area contributed by atoms with E-state index in [1.165, 1.54) is 12.8 Å². The van der Waals surface area contributed by atoms with Gasteiger partial charge in [-0.2, -0.15) is 0 Å². The Labute approximate surface area is 169 Å². The molecule has 0 bridgehead atoms. The van der Waals surface area contributed by atoms with E-state index in [-0.39, 0.29) is 18.4 Å². The van der Waals surface area contributed by atoms with Gasteiger partial charge in [-0.1, -0.05) is 11.6 Å². The maximum atomic E-state index is 12.6. The number of hydrogen-bond donors (Lipinski definition) is 1. The van der Waals surface area contributed by atoms with Gasteiger partial charge in [0.1, 0.15) is 5.76 Å². The Kier molecular flexibility index (Phi) is 6.07. The van der Waals surface area contributed by atoms with Crippen LogP contribution in [0.25, 0.3) is 0 Å². The van der Waals surface area contributed by atoms with Crippen LogP contribution in [0, 0.1) is 0 Å². The second-order valence-electron chi connectivity index (χ2n) is 7.21. The second-order valence-corrected chi connectivity index (χ2v) is 7.62. The van der Waals surface area contributed by atoms with Gasteiger partial charge in [-0.15, -0.1) is 0 Å². The van der Waals surface area contributed by atoms with E-state index in [1.54, 1.807) is 12.3 Å². The lowest BCUT2D eigenvalue weighted by atomic mass is 10.1. The van der Waals surface area contributed by atoms with Crippen molar-refractivity contribution in [3.05, 3.63) is 46.9 Å². The van der Waals surface area contributed by atoms with E-state index in [4.69, 9.17) is 25.5 Å². The van der Waals surface area contributed by atoms with Crippen molar-refractivity contribution >= 4 is 17.5 Å². The number of carbonyl (C=O) groups excluding carboxylic acids is 1. The molecule has 1 atom stereocenters. The highest BCUT2D eigenvalue weighted by Crippen LogP contribution is 2.38. The Hall–Kier alpha value is -2.18. The monoisotopic (exact) mass is 404 g/mol. The van der Waals surface area contributed by atoms with Crippen LogP contribution < -0.4 is 14.8 Å². The van der Waals surface area contributed by atoms with E-state index in [0.29, 0.717) is 36.3 Å². The Morgan fingerprint density at radius 1 is 1.18 bits per heavy atom. The van der Waals surface area contributed by atoms with Crippen molar-refractivity contribution in [2.75, 3.05) is 32.8 Å². The molecular formula is C21H25ClN2O4. The molecule has 2 aliphatic heterocycles. The lowest BCUT2D eigenvalue weighted by Gasteiger charge is -2.26. The number of likely N-dealkylation sites (tertiary alicyclic amines) is 1. The van der Waals surface area contributed by atoms with Crippen LogP contribution in [0.4, 0.5) is 0 Å². The van der Waals surface area contributed by atoms with Crippen molar-refractivity contribution in [3.63, 3.8) is 0 Å². The summed E-state index contributed by atoms with van der Waals surface area (Å²) in [5.41, 5.74) is 0.808. The van der Waals surface area contributed by atoms with E-state index in [9.17, 15) is 4.79 Å². The van der Waals surface area contributed by atoms with Crippen molar-refractivity contribution in [2.45, 2.75) is 31.7 Å². The third kappa shape index (κ3) is 4.45. The first-order valence-corrected chi connectivity index (χ1v) is 10.2. The first kappa shape index (κ1) is 19.2. The minimum atomic E-state index is -0.0543. The summed E-state index contributed by atoms with van der Waals surface area (Å²) in [6, 6.07) is 7.54. The van der Waals surface area contributed by atoms with Crippen molar-refractivity contribution in [1.29, 1.82) is 0 Å². The van der Waals surface area contributed by atoms with Gasteiger partial charge in [-0.25, -0.2) is 0 Å². The molecule has 1 aromatic carbocycles. The normalized spacial score (nSPS) is 17.9. The minimum absolute atomic E-state index is 0.0543. The van der Waals surface area contributed by atoms with Crippen LogP contribution >= 0.6 is 11.6 Å². The predicted octanol–water partition coefficient (Wildman–Crippen LogP) is 3.59. The number of ether oxygens (including phenoxy) is 2. The van der Waals surface area contributed by atoms with Crippen molar-refractivity contribution in [1.82, 2.24) is 10.2 Å². The molecule has 0 aliphatic carbocycles. The molecule has 7 heteroatoms. The number of hydrogen-bond acceptors (Lipinski definition) is 5. The van der Waals surface area contributed by atoms with Gasteiger partial charge < -0.3 is 19.2 Å². The molecule has 2 aliphatic rings. The molecule has 150 valence electrons. The predicted molar refractivity (Wildman–Crippen MR) is 106 cm³/mol. The average molecular weight is 405 g/mol. The first-order chi connectivity index (χ1) is 13.7. The van der Waals surface area contributed by atoms with Crippen molar-refractivity contribution in [3.8, 4) is 11.5 Å². The third-order valence-corrected chi connectivity index (χ3v) is 5.45. The summed E-state index contributed by atoms with van der Waals surface area (Å²) in [6.07, 6.45) is 5.09. The van der Waals surface area contributed by atoms with Crippen LogP contribution in [0.5, 0.6) is 11.5 Å². The molecule has 0 radical (unpaired) electrons. The molecule has 1 N–H and O–H groups in total. The van der Waals surface area contributed by atoms with Crippen LogP contribution in [-0.4, -0.2) is 43.7 Å². The molecule has 6 nitrogen and oxygen atoms in total. The zero-order valence-corrected chi connectivity index (χ0v) is 16.5. The van der Waals surface area contributed by atoms with Crippen LogP contribution in [0.2, 0.25) is 5.02 Å². The van der Waals surface area contributed by atoms with Gasteiger partial charge >= 0.3 is 0 Å². The molecule has 0 spiro atoms. The van der Waals surface area contributed by atoms with Gasteiger partial charge in [0, 0.05) is 13.0 Å². The van der Waals surface area contributed by atoms with E-state index >= 15 is 0 Å². The maximum absolute atomic E-state index is 12.6. The number of amides is 1. The zero-order valence-electron chi connectivity index (χ0n) is 15.8. The van der Waals surface area contributed by atoms with Gasteiger partial charge in [0.05, 0.1) is 37.0 Å². The first-order valence-electron chi connectivity index (χ1n) is 9.83. The Balaban J connectivity index is 1.40. The lowest BCUT2D eigenvalue weighted by molar-refractivity contribution is -0.120. The van der Waals surface area contributed by atoms with Crippen molar-refractivity contribution < 1.29 is 18.7 Å². The van der Waals surface area contributed by atoms with E-state index < -0.39 is 0 Å². The summed E-state index contributed by atoms with van der Waals surface area (Å²) >= 11 is 6.33. The minimum Gasteiger partial charge on any atom is -0.489 e. The average Bonchev–Trinajstić information content (AvgIpc) is 3.34. The van der Waals surface area contributed by atoms with E-state index in [0.717, 1.165) is 30.8 Å². The number of nitrogens with one attached hydrogen (secondary N) is 1. The standard InChI is InChI=1S/C21H25ClN2O4/c22-16-11-15(12-19-21(16)28-10-4-9-27-19)13-20(25)23-14-17(18-5-3-8-26-18)24-6-1-2-7-24/h3,5,8,11-12,17H,1-2,4,6-7,9-10,13-14H2,(H,23,25)/t17-/m0/s1. The number of fused-ring (bicyclic) bond motifs is 1. The molecule has 0 unspecified atom stereocenters. The summed E-state index contributed by atoms with van der Waals surface area (Å²) < 4.78 is 17.0. The molecule has 1 saturated heterocycles. The van der Waals surface area contributed by atoms with Crippen molar-refractivity contribution in [2.24, 2.45) is 0 Å². The van der Waals surface area contributed by atoms with Crippen LogP contribution in [0.15, 0.2) is 34.9 Å². The lowest BCUT2D eigenvalue weighted by Crippen LogP contribution is -2.37. The summed E-state index contributed by atoms with van der Waals surface area (Å²) in [5.74, 6) is 2.01. The number of rotatable bonds is 6. The van der Waals surface area contributed by atoms with Gasteiger partial charge in [0.25, 0.3) is 0 Å². The molecule has 3 heterocycles. The van der Waals surface area contributed by atoms with Gasteiger partial charge in [-0.3, -0.25) is 9.69 Å². The second kappa shape index (κ2) is 8.88. The number of benzene rings is 1. The fourth-order valence-electron chi connectivity index (χ4n) is 3.79. The quantitative estimate of drug-likeness (QED) is 0.797. The molecule has 4 rings (SSSR count). The Morgan fingerprint density at radius 2 is 2.00 bits per heavy atom. The maximum Gasteiger partial charge on any atom is 0.224 e. The molecule has 2 aromatic rings. The highest BCUT2D eigenvalue weighted by atomic mass is 35.5. The highest BCUT2D eigenvalue weighted by Gasteiger charge is 2.26. The highest BCUT2D eigenvalue weighted by molar-refractivity contribution is 6.32. The number of furan rings is 1. The zero-order chi connectivity index (χ0) is 19.3. The van der Waals surface area contributed by atoms with Gasteiger partial charge in [-0.05, 0) is 55.8 Å².